The van der Waals surface area contributed by atoms with Gasteiger partial charge in [-0.3, -0.25) is 19.7 Å². The number of phenols is 1. The molecule has 8 heteroatoms. The Morgan fingerprint density at radius 1 is 1.44 bits per heavy atom. The van der Waals surface area contributed by atoms with Gasteiger partial charge in [-0.2, -0.15) is 0 Å². The predicted molar refractivity (Wildman–Crippen MR) is 60.9 cm³/mol. The maximum atomic E-state index is 11.6. The summed E-state index contributed by atoms with van der Waals surface area (Å²) in [6, 6.07) is 3.12. The number of nitro groups is 1. The third-order valence-corrected chi connectivity index (χ3v) is 2.08. The molecule has 0 unspecified atom stereocenters. The smallest absolute Gasteiger partial charge is 0.282 e. The molecular weight excluding hydrogens is 242 g/mol. The molecule has 96 valence electrons. The molecular formula is C10H11N3O5. The number of nitrogens with one attached hydrogen (secondary N) is 1. The fraction of sp³-hybridized carbons (Fsp3) is 0.200. The van der Waals surface area contributed by atoms with Gasteiger partial charge in [0.2, 0.25) is 5.91 Å². The molecule has 1 aromatic rings. The zero-order valence-corrected chi connectivity index (χ0v) is 9.25. The van der Waals surface area contributed by atoms with E-state index in [0.29, 0.717) is 0 Å². The number of nitrogens with zero attached hydrogens (tertiary/aromatic N) is 1. The summed E-state index contributed by atoms with van der Waals surface area (Å²) in [5.41, 5.74) is 4.18. The van der Waals surface area contributed by atoms with Crippen molar-refractivity contribution in [3.05, 3.63) is 33.9 Å². The molecule has 0 radical (unpaired) electrons. The van der Waals surface area contributed by atoms with Crippen LogP contribution in [0.3, 0.4) is 0 Å². The zero-order valence-electron chi connectivity index (χ0n) is 9.25. The van der Waals surface area contributed by atoms with Crippen LogP contribution in [0.15, 0.2) is 18.2 Å². The Bertz CT molecular complexity index is 500. The summed E-state index contributed by atoms with van der Waals surface area (Å²) in [5, 5.41) is 22.2. The average molecular weight is 253 g/mol. The fourth-order valence-electron chi connectivity index (χ4n) is 1.26. The first-order valence-corrected chi connectivity index (χ1v) is 4.95. The van der Waals surface area contributed by atoms with E-state index in [1.165, 1.54) is 0 Å². The third kappa shape index (κ3) is 3.44. The van der Waals surface area contributed by atoms with Crippen molar-refractivity contribution in [1.29, 1.82) is 0 Å². The number of amides is 2. The molecule has 0 saturated carbocycles. The van der Waals surface area contributed by atoms with Crippen molar-refractivity contribution < 1.29 is 19.6 Å². The third-order valence-electron chi connectivity index (χ3n) is 2.08. The van der Waals surface area contributed by atoms with E-state index in [9.17, 15) is 24.8 Å². The van der Waals surface area contributed by atoms with E-state index in [4.69, 9.17) is 5.73 Å². The van der Waals surface area contributed by atoms with Crippen molar-refractivity contribution in [2.24, 2.45) is 5.73 Å². The lowest BCUT2D eigenvalue weighted by atomic mass is 10.1. The van der Waals surface area contributed by atoms with Crippen LogP contribution in [0.2, 0.25) is 0 Å². The van der Waals surface area contributed by atoms with Crippen molar-refractivity contribution in [2.75, 3.05) is 6.54 Å². The molecule has 0 spiro atoms. The largest absolute Gasteiger partial charge is 0.508 e. The van der Waals surface area contributed by atoms with E-state index in [1.54, 1.807) is 0 Å². The number of carbonyl (C=O) groups is 2. The number of benzene rings is 1. The first-order chi connectivity index (χ1) is 8.41. The summed E-state index contributed by atoms with van der Waals surface area (Å²) >= 11 is 0. The van der Waals surface area contributed by atoms with Crippen molar-refractivity contribution in [2.45, 2.75) is 6.42 Å². The van der Waals surface area contributed by atoms with Gasteiger partial charge in [0.1, 0.15) is 11.3 Å². The Morgan fingerprint density at radius 2 is 2.11 bits per heavy atom. The Kier molecular flexibility index (Phi) is 4.19. The monoisotopic (exact) mass is 253 g/mol. The van der Waals surface area contributed by atoms with Gasteiger partial charge in [0.15, 0.2) is 0 Å². The van der Waals surface area contributed by atoms with Crippen LogP contribution in [0.5, 0.6) is 5.75 Å². The van der Waals surface area contributed by atoms with Gasteiger partial charge >= 0.3 is 0 Å². The van der Waals surface area contributed by atoms with Crippen LogP contribution < -0.4 is 11.1 Å². The van der Waals surface area contributed by atoms with Crippen LogP contribution in [-0.2, 0) is 4.79 Å². The van der Waals surface area contributed by atoms with Crippen LogP contribution in [-0.4, -0.2) is 28.4 Å². The molecule has 1 aromatic carbocycles. The molecule has 18 heavy (non-hydrogen) atoms. The van der Waals surface area contributed by atoms with Crippen LogP contribution in [0.4, 0.5) is 5.69 Å². The van der Waals surface area contributed by atoms with Crippen molar-refractivity contribution in [1.82, 2.24) is 5.32 Å². The van der Waals surface area contributed by atoms with Crippen molar-refractivity contribution >= 4 is 17.5 Å². The van der Waals surface area contributed by atoms with Gasteiger partial charge in [0.05, 0.1) is 4.92 Å². The number of hydrogen-bond acceptors (Lipinski definition) is 5. The predicted octanol–water partition coefficient (Wildman–Crippen LogP) is -0.0944. The summed E-state index contributed by atoms with van der Waals surface area (Å²) in [6.45, 7) is -0.0268. The second kappa shape index (κ2) is 5.62. The minimum atomic E-state index is -0.751. The van der Waals surface area contributed by atoms with Gasteiger partial charge in [0.25, 0.3) is 11.6 Å². The molecule has 0 atom stereocenters. The number of aromatic hydroxyl groups is 1. The minimum Gasteiger partial charge on any atom is -0.508 e. The molecule has 1 rings (SSSR count). The fourth-order valence-corrected chi connectivity index (χ4v) is 1.26. The molecule has 0 heterocycles. The van der Waals surface area contributed by atoms with Crippen LogP contribution >= 0.6 is 0 Å². The highest BCUT2D eigenvalue weighted by molar-refractivity contribution is 5.98. The zero-order chi connectivity index (χ0) is 13.7. The first-order valence-electron chi connectivity index (χ1n) is 4.95. The standard InChI is InChI=1S/C10H11N3O5/c11-9(15)3-4-12-10(16)7-5-6(14)1-2-8(7)13(17)18/h1-2,5,14H,3-4H2,(H2,11,15)(H,12,16). The number of nitro benzene ring substituents is 1. The minimum absolute atomic E-state index is 0.0268. The quantitative estimate of drug-likeness (QED) is 0.497. The molecule has 2 amide bonds. The first kappa shape index (κ1) is 13.4. The van der Waals surface area contributed by atoms with Gasteiger partial charge in [-0.1, -0.05) is 0 Å². The molecule has 0 fully saturated rings. The molecule has 4 N–H and O–H groups in total. The number of phenolic OH excluding ortho intramolecular Hbond substituents is 1. The SMILES string of the molecule is NC(=O)CCNC(=O)c1cc(O)ccc1[N+](=O)[O-]. The van der Waals surface area contributed by atoms with E-state index in [2.05, 4.69) is 5.32 Å². The maximum Gasteiger partial charge on any atom is 0.282 e. The highest BCUT2D eigenvalue weighted by Crippen LogP contribution is 2.22. The molecule has 0 bridgehead atoms. The molecule has 0 aliphatic heterocycles. The summed E-state index contributed by atoms with van der Waals surface area (Å²) < 4.78 is 0. The van der Waals surface area contributed by atoms with Gasteiger partial charge < -0.3 is 16.2 Å². The molecule has 0 aromatic heterocycles. The summed E-state index contributed by atoms with van der Waals surface area (Å²) in [6.07, 6.45) is -0.0711. The van der Waals surface area contributed by atoms with Crippen molar-refractivity contribution in [3.8, 4) is 5.75 Å². The second-order valence-electron chi connectivity index (χ2n) is 3.43. The summed E-state index contributed by atoms with van der Waals surface area (Å²) in [5.74, 6) is -1.61. The van der Waals surface area contributed by atoms with Gasteiger partial charge in [-0.05, 0) is 12.1 Å². The van der Waals surface area contributed by atoms with Gasteiger partial charge in [-0.25, -0.2) is 0 Å². The maximum absolute atomic E-state index is 11.6. The van der Waals surface area contributed by atoms with E-state index >= 15 is 0 Å². The normalized spacial score (nSPS) is 9.78. The molecule has 0 aliphatic carbocycles. The molecule has 0 saturated heterocycles. The lowest BCUT2D eigenvalue weighted by Crippen LogP contribution is -2.28. The Hall–Kier alpha value is -2.64. The number of primary amides is 1. The highest BCUT2D eigenvalue weighted by Gasteiger charge is 2.20. The van der Waals surface area contributed by atoms with E-state index in [1.807, 2.05) is 0 Å². The van der Waals surface area contributed by atoms with Crippen LogP contribution in [0.1, 0.15) is 16.8 Å². The number of rotatable bonds is 5. The van der Waals surface area contributed by atoms with Gasteiger partial charge in [0, 0.05) is 19.0 Å². The number of nitrogens with two attached hydrogens (primary N) is 1. The lowest BCUT2D eigenvalue weighted by molar-refractivity contribution is -0.385. The van der Waals surface area contributed by atoms with Crippen molar-refractivity contribution in [3.63, 3.8) is 0 Å². The van der Waals surface area contributed by atoms with Crippen LogP contribution in [0.25, 0.3) is 0 Å². The van der Waals surface area contributed by atoms with E-state index < -0.39 is 22.4 Å². The second-order valence-corrected chi connectivity index (χ2v) is 3.43. The molecule has 0 aliphatic rings. The van der Waals surface area contributed by atoms with Crippen LogP contribution in [0, 0.1) is 10.1 Å². The summed E-state index contributed by atoms with van der Waals surface area (Å²) in [4.78, 5) is 32.0. The average Bonchev–Trinajstić information content (AvgIpc) is 2.27. The Labute approximate surface area is 102 Å². The highest BCUT2D eigenvalue weighted by atomic mass is 16.6. The topological polar surface area (TPSA) is 136 Å². The number of hydrogen-bond donors (Lipinski definition) is 3. The summed E-state index contributed by atoms with van der Waals surface area (Å²) in [7, 11) is 0. The number of carbonyl (C=O) groups excluding carboxylic acids is 2. The van der Waals surface area contributed by atoms with Gasteiger partial charge in [-0.15, -0.1) is 0 Å². The Balaban J connectivity index is 2.87. The molecule has 8 nitrogen and oxygen atoms in total. The van der Waals surface area contributed by atoms with E-state index in [-0.39, 0.29) is 24.3 Å². The Morgan fingerprint density at radius 3 is 2.67 bits per heavy atom. The lowest BCUT2D eigenvalue weighted by Gasteiger charge is -2.05. The van der Waals surface area contributed by atoms with E-state index in [0.717, 1.165) is 18.2 Å².